The van der Waals surface area contributed by atoms with E-state index in [1.807, 2.05) is 0 Å². The maximum Gasteiger partial charge on any atom is 0.192 e. The first-order valence-electron chi connectivity index (χ1n) is 6.93. The van der Waals surface area contributed by atoms with Crippen LogP contribution in [-0.4, -0.2) is 22.9 Å². The SMILES string of the molecule is CC(C)(C)[Si](C)(C)OCc1c(Br)c2c(N)ncnn2c1C#N. The van der Waals surface area contributed by atoms with E-state index in [-0.39, 0.29) is 5.04 Å². The van der Waals surface area contributed by atoms with Crippen molar-refractivity contribution in [3.63, 3.8) is 0 Å². The lowest BCUT2D eigenvalue weighted by atomic mass is 10.2. The third-order valence-electron chi connectivity index (χ3n) is 4.28. The van der Waals surface area contributed by atoms with Crippen LogP contribution in [0.4, 0.5) is 5.82 Å². The quantitative estimate of drug-likeness (QED) is 0.821. The van der Waals surface area contributed by atoms with Crippen LogP contribution in [0.1, 0.15) is 32.0 Å². The molecule has 0 saturated heterocycles. The number of fused-ring (bicyclic) bond motifs is 1. The first-order valence-corrected chi connectivity index (χ1v) is 10.6. The number of hydrogen-bond donors (Lipinski definition) is 1. The van der Waals surface area contributed by atoms with Crippen LogP contribution >= 0.6 is 15.9 Å². The molecule has 0 aliphatic heterocycles. The van der Waals surface area contributed by atoms with E-state index in [4.69, 9.17) is 10.2 Å². The molecule has 0 saturated carbocycles. The third-order valence-corrected chi connectivity index (χ3v) is 9.61. The van der Waals surface area contributed by atoms with Crippen LogP contribution in [-0.2, 0) is 11.0 Å². The summed E-state index contributed by atoms with van der Waals surface area (Å²) in [4.78, 5) is 3.98. The number of halogens is 1. The van der Waals surface area contributed by atoms with Crippen LogP contribution in [0.25, 0.3) is 5.52 Å². The Morgan fingerprint density at radius 1 is 1.45 bits per heavy atom. The number of anilines is 1. The first kappa shape index (κ1) is 16.9. The molecule has 0 fully saturated rings. The van der Waals surface area contributed by atoms with Gasteiger partial charge in [-0.25, -0.2) is 9.50 Å². The van der Waals surface area contributed by atoms with Crippen molar-refractivity contribution in [2.75, 3.05) is 5.73 Å². The van der Waals surface area contributed by atoms with Crippen molar-refractivity contribution in [3.8, 4) is 6.07 Å². The third kappa shape index (κ3) is 2.76. The molecular formula is C14H20BrN5OSi. The normalized spacial score (nSPS) is 12.6. The summed E-state index contributed by atoms with van der Waals surface area (Å²) in [5.41, 5.74) is 7.70. The summed E-state index contributed by atoms with van der Waals surface area (Å²) < 4.78 is 8.46. The van der Waals surface area contributed by atoms with Crippen molar-refractivity contribution >= 4 is 35.6 Å². The Labute approximate surface area is 139 Å². The van der Waals surface area contributed by atoms with Gasteiger partial charge in [0.1, 0.15) is 23.6 Å². The zero-order valence-corrected chi connectivity index (χ0v) is 16.0. The summed E-state index contributed by atoms with van der Waals surface area (Å²) in [5.74, 6) is 0.331. The molecule has 8 heteroatoms. The number of aromatic nitrogens is 3. The molecule has 2 aromatic heterocycles. The molecular weight excluding hydrogens is 362 g/mol. The van der Waals surface area contributed by atoms with Crippen LogP contribution in [0.2, 0.25) is 18.1 Å². The van der Waals surface area contributed by atoms with Crippen LogP contribution in [0, 0.1) is 11.3 Å². The van der Waals surface area contributed by atoms with E-state index in [0.29, 0.717) is 23.6 Å². The predicted octanol–water partition coefficient (Wildman–Crippen LogP) is 3.47. The largest absolute Gasteiger partial charge is 0.412 e. The van der Waals surface area contributed by atoms with E-state index in [0.717, 1.165) is 10.0 Å². The molecule has 2 rings (SSSR count). The Morgan fingerprint density at radius 2 is 2.09 bits per heavy atom. The molecule has 2 aromatic rings. The van der Waals surface area contributed by atoms with Gasteiger partial charge in [-0.3, -0.25) is 0 Å². The molecule has 2 N–H and O–H groups in total. The molecule has 0 bridgehead atoms. The van der Waals surface area contributed by atoms with Gasteiger partial charge in [-0.05, 0) is 34.1 Å². The molecule has 0 radical (unpaired) electrons. The van der Waals surface area contributed by atoms with Crippen molar-refractivity contribution in [3.05, 3.63) is 22.1 Å². The number of nitrogens with zero attached hydrogens (tertiary/aromatic N) is 4. The van der Waals surface area contributed by atoms with Gasteiger partial charge < -0.3 is 10.2 Å². The molecule has 2 heterocycles. The van der Waals surface area contributed by atoms with E-state index in [1.165, 1.54) is 10.8 Å². The van der Waals surface area contributed by atoms with Gasteiger partial charge in [0.05, 0.1) is 11.1 Å². The second-order valence-electron chi connectivity index (χ2n) is 6.71. The van der Waals surface area contributed by atoms with Crippen molar-refractivity contribution < 1.29 is 4.43 Å². The summed E-state index contributed by atoms with van der Waals surface area (Å²) in [6, 6.07) is 2.18. The van der Waals surface area contributed by atoms with E-state index in [9.17, 15) is 5.26 Å². The Kier molecular flexibility index (Phi) is 4.34. The lowest BCUT2D eigenvalue weighted by Crippen LogP contribution is -2.40. The highest BCUT2D eigenvalue weighted by atomic mass is 79.9. The van der Waals surface area contributed by atoms with Gasteiger partial charge in [-0.1, -0.05) is 20.8 Å². The van der Waals surface area contributed by atoms with Crippen LogP contribution in [0.5, 0.6) is 0 Å². The van der Waals surface area contributed by atoms with E-state index >= 15 is 0 Å². The zero-order chi connectivity index (χ0) is 16.7. The molecule has 0 atom stereocenters. The van der Waals surface area contributed by atoms with Gasteiger partial charge in [-0.15, -0.1) is 0 Å². The van der Waals surface area contributed by atoms with E-state index in [2.05, 4.69) is 65.9 Å². The smallest absolute Gasteiger partial charge is 0.192 e. The molecule has 22 heavy (non-hydrogen) atoms. The summed E-state index contributed by atoms with van der Waals surface area (Å²) in [7, 11) is -1.92. The first-order chi connectivity index (χ1) is 10.1. The number of nitrogen functional groups attached to an aromatic ring is 1. The van der Waals surface area contributed by atoms with Crippen molar-refractivity contribution in [1.29, 1.82) is 5.26 Å². The van der Waals surface area contributed by atoms with E-state index in [1.54, 1.807) is 0 Å². The minimum atomic E-state index is -1.92. The fourth-order valence-corrected chi connectivity index (χ4v) is 3.44. The fourth-order valence-electron chi connectivity index (χ4n) is 1.83. The average molecular weight is 382 g/mol. The van der Waals surface area contributed by atoms with Gasteiger partial charge in [0.25, 0.3) is 0 Å². The predicted molar refractivity (Wildman–Crippen MR) is 91.8 cm³/mol. The topological polar surface area (TPSA) is 89.2 Å². The Hall–Kier alpha value is -1.43. The lowest BCUT2D eigenvalue weighted by Gasteiger charge is -2.36. The average Bonchev–Trinajstić information content (AvgIpc) is 2.68. The highest BCUT2D eigenvalue weighted by molar-refractivity contribution is 9.10. The van der Waals surface area contributed by atoms with Gasteiger partial charge in [-0.2, -0.15) is 10.4 Å². The molecule has 0 spiro atoms. The molecule has 0 unspecified atom stereocenters. The second-order valence-corrected chi connectivity index (χ2v) is 12.3. The minimum Gasteiger partial charge on any atom is -0.412 e. The van der Waals surface area contributed by atoms with Crippen molar-refractivity contribution in [1.82, 2.24) is 14.6 Å². The number of rotatable bonds is 3. The number of nitrogens with two attached hydrogens (primary N) is 1. The summed E-state index contributed by atoms with van der Waals surface area (Å²) >= 11 is 3.52. The Balaban J connectivity index is 2.47. The zero-order valence-electron chi connectivity index (χ0n) is 13.4. The van der Waals surface area contributed by atoms with Crippen molar-refractivity contribution in [2.45, 2.75) is 45.5 Å². The minimum absolute atomic E-state index is 0.101. The van der Waals surface area contributed by atoms with Crippen LogP contribution < -0.4 is 5.73 Å². The Morgan fingerprint density at radius 3 is 2.64 bits per heavy atom. The monoisotopic (exact) mass is 381 g/mol. The molecule has 118 valence electrons. The van der Waals surface area contributed by atoms with E-state index < -0.39 is 8.32 Å². The molecule has 0 aliphatic rings. The van der Waals surface area contributed by atoms with Gasteiger partial charge in [0.2, 0.25) is 0 Å². The van der Waals surface area contributed by atoms with Gasteiger partial charge >= 0.3 is 0 Å². The molecule has 0 amide bonds. The highest BCUT2D eigenvalue weighted by Gasteiger charge is 2.37. The maximum absolute atomic E-state index is 9.47. The second kappa shape index (κ2) is 5.65. The molecule has 0 aliphatic carbocycles. The number of nitriles is 1. The lowest BCUT2D eigenvalue weighted by molar-refractivity contribution is 0.275. The summed E-state index contributed by atoms with van der Waals surface area (Å²) in [6.07, 6.45) is 1.34. The van der Waals surface area contributed by atoms with Crippen molar-refractivity contribution in [2.24, 2.45) is 0 Å². The number of hydrogen-bond acceptors (Lipinski definition) is 5. The highest BCUT2D eigenvalue weighted by Crippen LogP contribution is 2.38. The van der Waals surface area contributed by atoms with Crippen LogP contribution in [0.15, 0.2) is 10.8 Å². The van der Waals surface area contributed by atoms with Gasteiger partial charge in [0.15, 0.2) is 14.1 Å². The summed E-state index contributed by atoms with van der Waals surface area (Å²) in [6.45, 7) is 11.2. The maximum atomic E-state index is 9.47. The van der Waals surface area contributed by atoms with Crippen LogP contribution in [0.3, 0.4) is 0 Å². The molecule has 0 aromatic carbocycles. The summed E-state index contributed by atoms with van der Waals surface area (Å²) in [5, 5.41) is 13.7. The standard InChI is InChI=1S/C14H20BrN5OSi/c1-14(2,3)22(4,5)21-7-9-10(6-16)20-12(11(9)15)13(17)18-8-19-20/h8H,7H2,1-5H3,(H2,17,18,19). The fraction of sp³-hybridized carbons (Fsp3) is 0.500. The Bertz CT molecular complexity index is 757. The molecule has 6 nitrogen and oxygen atoms in total. The van der Waals surface area contributed by atoms with Gasteiger partial charge in [0, 0.05) is 5.56 Å².